The molecular weight excluding hydrogens is 228 g/mol. The van der Waals surface area contributed by atoms with Crippen LogP contribution in [0.25, 0.3) is 0 Å². The molecular formula is C14H22N2O2. The molecule has 0 fully saturated rings. The number of ether oxygens (including phenoxy) is 1. The Balaban J connectivity index is 2.47. The Bertz CT molecular complexity index is 376. The molecule has 4 heteroatoms. The van der Waals surface area contributed by atoms with Gasteiger partial charge < -0.3 is 15.8 Å². The van der Waals surface area contributed by atoms with Gasteiger partial charge >= 0.3 is 0 Å². The molecule has 1 aromatic carbocycles. The Morgan fingerprint density at radius 1 is 1.39 bits per heavy atom. The first-order chi connectivity index (χ1) is 8.71. The van der Waals surface area contributed by atoms with Crippen LogP contribution in [0.4, 0.5) is 0 Å². The monoisotopic (exact) mass is 250 g/mol. The Labute approximate surface area is 109 Å². The van der Waals surface area contributed by atoms with Crippen LogP contribution in [-0.2, 0) is 22.5 Å². The summed E-state index contributed by atoms with van der Waals surface area (Å²) >= 11 is 0. The van der Waals surface area contributed by atoms with Gasteiger partial charge in [-0.3, -0.25) is 4.79 Å². The molecule has 1 unspecified atom stereocenters. The Morgan fingerprint density at radius 3 is 2.61 bits per heavy atom. The molecule has 1 aromatic rings. The highest BCUT2D eigenvalue weighted by atomic mass is 16.5. The van der Waals surface area contributed by atoms with E-state index in [1.165, 1.54) is 5.56 Å². The molecule has 0 heterocycles. The van der Waals surface area contributed by atoms with Crippen molar-refractivity contribution in [3.8, 4) is 0 Å². The second-order valence-electron chi connectivity index (χ2n) is 4.20. The molecule has 0 bridgehead atoms. The zero-order valence-corrected chi connectivity index (χ0v) is 11.1. The van der Waals surface area contributed by atoms with Crippen LogP contribution in [0.15, 0.2) is 24.3 Å². The number of aryl methyl sites for hydroxylation is 1. The van der Waals surface area contributed by atoms with Gasteiger partial charge in [-0.2, -0.15) is 0 Å². The number of nitrogens with one attached hydrogen (secondary N) is 1. The van der Waals surface area contributed by atoms with Gasteiger partial charge in [0.1, 0.15) is 0 Å². The summed E-state index contributed by atoms with van der Waals surface area (Å²) in [5.41, 5.74) is 7.91. The van der Waals surface area contributed by atoms with Gasteiger partial charge in [-0.05, 0) is 17.5 Å². The van der Waals surface area contributed by atoms with Gasteiger partial charge in [-0.15, -0.1) is 0 Å². The van der Waals surface area contributed by atoms with Gasteiger partial charge in [0.25, 0.3) is 0 Å². The summed E-state index contributed by atoms with van der Waals surface area (Å²) in [5, 5.41) is 2.90. The van der Waals surface area contributed by atoms with Crippen LogP contribution in [0.1, 0.15) is 24.5 Å². The molecule has 0 saturated carbocycles. The number of amides is 1. The number of rotatable bonds is 7. The number of benzene rings is 1. The van der Waals surface area contributed by atoms with Crippen molar-refractivity contribution in [3.63, 3.8) is 0 Å². The third-order valence-electron chi connectivity index (χ3n) is 2.98. The number of nitrogens with two attached hydrogens (primary N) is 1. The molecule has 100 valence electrons. The van der Waals surface area contributed by atoms with Gasteiger partial charge in [0, 0.05) is 20.2 Å². The predicted octanol–water partition coefficient (Wildman–Crippen LogP) is 1.23. The second kappa shape index (κ2) is 7.84. The predicted molar refractivity (Wildman–Crippen MR) is 72.1 cm³/mol. The lowest BCUT2D eigenvalue weighted by Crippen LogP contribution is -2.32. The molecule has 0 saturated heterocycles. The van der Waals surface area contributed by atoms with Crippen molar-refractivity contribution in [2.75, 3.05) is 13.7 Å². The summed E-state index contributed by atoms with van der Waals surface area (Å²) in [6, 6.07) is 8.12. The minimum absolute atomic E-state index is 0.0294. The summed E-state index contributed by atoms with van der Waals surface area (Å²) < 4.78 is 5.08. The first-order valence-corrected chi connectivity index (χ1v) is 6.27. The quantitative estimate of drug-likeness (QED) is 0.765. The van der Waals surface area contributed by atoms with Crippen LogP contribution in [0, 0.1) is 0 Å². The summed E-state index contributed by atoms with van der Waals surface area (Å²) in [6.45, 7) is 3.02. The topological polar surface area (TPSA) is 64.4 Å². The van der Waals surface area contributed by atoms with Crippen LogP contribution in [0.2, 0.25) is 0 Å². The molecule has 1 rings (SSSR count). The second-order valence-corrected chi connectivity index (χ2v) is 4.20. The standard InChI is InChI=1S/C14H22N2O2/c1-3-11-6-4-5-7-12(11)10-16-14(17)8-13(9-15)18-2/h4-7,13H,3,8-10,15H2,1-2H3,(H,16,17). The van der Waals surface area contributed by atoms with E-state index in [0.717, 1.165) is 12.0 Å². The molecule has 18 heavy (non-hydrogen) atoms. The molecule has 4 nitrogen and oxygen atoms in total. The van der Waals surface area contributed by atoms with Crippen molar-refractivity contribution in [1.82, 2.24) is 5.32 Å². The number of methoxy groups -OCH3 is 1. The SMILES string of the molecule is CCc1ccccc1CNC(=O)CC(CN)OC. The van der Waals surface area contributed by atoms with E-state index in [2.05, 4.69) is 18.3 Å². The van der Waals surface area contributed by atoms with E-state index >= 15 is 0 Å². The molecule has 0 aliphatic heterocycles. The van der Waals surface area contributed by atoms with Crippen molar-refractivity contribution in [3.05, 3.63) is 35.4 Å². The highest BCUT2D eigenvalue weighted by Gasteiger charge is 2.11. The fraction of sp³-hybridized carbons (Fsp3) is 0.500. The lowest BCUT2D eigenvalue weighted by atomic mass is 10.1. The van der Waals surface area contributed by atoms with Gasteiger partial charge in [0.05, 0.1) is 12.5 Å². The lowest BCUT2D eigenvalue weighted by Gasteiger charge is -2.13. The van der Waals surface area contributed by atoms with E-state index in [9.17, 15) is 4.79 Å². The fourth-order valence-electron chi connectivity index (χ4n) is 1.81. The lowest BCUT2D eigenvalue weighted by molar-refractivity contribution is -0.123. The van der Waals surface area contributed by atoms with Crippen molar-refractivity contribution in [2.24, 2.45) is 5.73 Å². The third-order valence-corrected chi connectivity index (χ3v) is 2.98. The first-order valence-electron chi connectivity index (χ1n) is 6.27. The normalized spacial score (nSPS) is 12.2. The molecule has 0 spiro atoms. The number of hydrogen-bond donors (Lipinski definition) is 2. The fourth-order valence-corrected chi connectivity index (χ4v) is 1.81. The van der Waals surface area contributed by atoms with Crippen molar-refractivity contribution in [1.29, 1.82) is 0 Å². The van der Waals surface area contributed by atoms with Crippen LogP contribution >= 0.6 is 0 Å². The summed E-state index contributed by atoms with van der Waals surface area (Å²) in [7, 11) is 1.57. The average Bonchev–Trinajstić information content (AvgIpc) is 2.42. The maximum absolute atomic E-state index is 11.7. The third kappa shape index (κ3) is 4.47. The minimum atomic E-state index is -0.202. The zero-order valence-electron chi connectivity index (χ0n) is 11.1. The summed E-state index contributed by atoms with van der Waals surface area (Å²) in [6.07, 6.45) is 1.07. The molecule has 3 N–H and O–H groups in total. The Morgan fingerprint density at radius 2 is 2.06 bits per heavy atom. The Hall–Kier alpha value is -1.39. The molecule has 0 aliphatic rings. The van der Waals surface area contributed by atoms with E-state index in [1.54, 1.807) is 7.11 Å². The average molecular weight is 250 g/mol. The van der Waals surface area contributed by atoms with Gasteiger partial charge in [0.15, 0.2) is 0 Å². The van der Waals surface area contributed by atoms with Crippen molar-refractivity contribution >= 4 is 5.91 Å². The number of carbonyl (C=O) groups is 1. The smallest absolute Gasteiger partial charge is 0.222 e. The van der Waals surface area contributed by atoms with E-state index in [1.807, 2.05) is 18.2 Å². The Kier molecular flexibility index (Phi) is 6.39. The molecule has 1 atom stereocenters. The van der Waals surface area contributed by atoms with E-state index in [-0.39, 0.29) is 12.0 Å². The number of hydrogen-bond acceptors (Lipinski definition) is 3. The van der Waals surface area contributed by atoms with Crippen LogP contribution in [-0.4, -0.2) is 25.7 Å². The van der Waals surface area contributed by atoms with Gasteiger partial charge in [-0.25, -0.2) is 0 Å². The van der Waals surface area contributed by atoms with Crippen LogP contribution < -0.4 is 11.1 Å². The van der Waals surface area contributed by atoms with Crippen molar-refractivity contribution < 1.29 is 9.53 Å². The van der Waals surface area contributed by atoms with Crippen molar-refractivity contribution in [2.45, 2.75) is 32.4 Å². The molecule has 0 aliphatic carbocycles. The van der Waals surface area contributed by atoms with E-state index in [4.69, 9.17) is 10.5 Å². The zero-order chi connectivity index (χ0) is 13.4. The highest BCUT2D eigenvalue weighted by Crippen LogP contribution is 2.09. The van der Waals surface area contributed by atoms with Gasteiger partial charge in [0.2, 0.25) is 5.91 Å². The minimum Gasteiger partial charge on any atom is -0.380 e. The van der Waals surface area contributed by atoms with Gasteiger partial charge in [-0.1, -0.05) is 31.2 Å². The van der Waals surface area contributed by atoms with E-state index in [0.29, 0.717) is 19.5 Å². The number of carbonyl (C=O) groups excluding carboxylic acids is 1. The maximum atomic E-state index is 11.7. The molecule has 0 aromatic heterocycles. The summed E-state index contributed by atoms with van der Waals surface area (Å²) in [4.78, 5) is 11.7. The molecule has 0 radical (unpaired) electrons. The first kappa shape index (κ1) is 14.7. The summed E-state index contributed by atoms with van der Waals surface area (Å²) in [5.74, 6) is -0.0294. The highest BCUT2D eigenvalue weighted by molar-refractivity contribution is 5.76. The largest absolute Gasteiger partial charge is 0.380 e. The molecule has 1 amide bonds. The maximum Gasteiger partial charge on any atom is 0.222 e. The van der Waals surface area contributed by atoms with E-state index < -0.39 is 0 Å². The van der Waals surface area contributed by atoms with Crippen LogP contribution in [0.5, 0.6) is 0 Å². The van der Waals surface area contributed by atoms with Crippen LogP contribution in [0.3, 0.4) is 0 Å².